The summed E-state index contributed by atoms with van der Waals surface area (Å²) in [6.07, 6.45) is 0.242. The minimum atomic E-state index is -4.54. The molecule has 1 atom stereocenters. The van der Waals surface area contributed by atoms with Gasteiger partial charge < -0.3 is 15.1 Å². The standard InChI is InChI=1S/C31H32F3N5OS/c1-20-11-13-22-25(19-20)41-29-27(22)28(36-26(37-29)14-12-21-7-3-2-4-8-21)38-15-17-39(18-16-38)30(40)35-24-10-6-5-9-23(24)31(32,33)34/h2-10,20H,11-19H2,1H3,(H,35,40). The van der Waals surface area contributed by atoms with Gasteiger partial charge in [-0.05, 0) is 54.9 Å². The average Bonchev–Trinajstić information content (AvgIpc) is 3.33. The summed E-state index contributed by atoms with van der Waals surface area (Å²) in [4.78, 5) is 29.3. The van der Waals surface area contributed by atoms with Crippen molar-refractivity contribution in [2.75, 3.05) is 36.4 Å². The number of benzene rings is 2. The second kappa shape index (κ2) is 11.3. The van der Waals surface area contributed by atoms with Crippen molar-refractivity contribution < 1.29 is 18.0 Å². The van der Waals surface area contributed by atoms with Crippen LogP contribution in [0, 0.1) is 5.92 Å². The number of fused-ring (bicyclic) bond motifs is 3. The number of aromatic nitrogens is 2. The van der Waals surface area contributed by atoms with E-state index in [9.17, 15) is 18.0 Å². The number of thiophene rings is 1. The minimum absolute atomic E-state index is 0.230. The van der Waals surface area contributed by atoms with Crippen molar-refractivity contribution in [3.63, 3.8) is 0 Å². The van der Waals surface area contributed by atoms with Crippen LogP contribution in [0.3, 0.4) is 0 Å². The number of hydrogen-bond acceptors (Lipinski definition) is 5. The van der Waals surface area contributed by atoms with Gasteiger partial charge in [-0.1, -0.05) is 49.4 Å². The lowest BCUT2D eigenvalue weighted by molar-refractivity contribution is -0.136. The van der Waals surface area contributed by atoms with Gasteiger partial charge in [0, 0.05) is 37.5 Å². The van der Waals surface area contributed by atoms with Crippen LogP contribution in [-0.4, -0.2) is 47.1 Å². The molecule has 1 unspecified atom stereocenters. The number of urea groups is 1. The Morgan fingerprint density at radius 1 is 1.00 bits per heavy atom. The molecule has 4 aromatic rings. The molecule has 10 heteroatoms. The first-order valence-electron chi connectivity index (χ1n) is 14.1. The fraction of sp³-hybridized carbons (Fsp3) is 0.387. The Balaban J connectivity index is 1.23. The molecule has 6 nitrogen and oxygen atoms in total. The van der Waals surface area contributed by atoms with Crippen LogP contribution in [0.4, 0.5) is 29.5 Å². The van der Waals surface area contributed by atoms with Crippen molar-refractivity contribution in [2.45, 2.75) is 45.2 Å². The van der Waals surface area contributed by atoms with E-state index in [1.165, 1.54) is 34.2 Å². The summed E-state index contributed by atoms with van der Waals surface area (Å²) in [5, 5.41) is 3.61. The Morgan fingerprint density at radius 2 is 1.73 bits per heavy atom. The predicted octanol–water partition coefficient (Wildman–Crippen LogP) is 6.97. The Hall–Kier alpha value is -3.66. The average molecular weight is 580 g/mol. The van der Waals surface area contributed by atoms with Gasteiger partial charge in [0.15, 0.2) is 0 Å². The molecule has 1 saturated heterocycles. The van der Waals surface area contributed by atoms with Crippen molar-refractivity contribution in [1.29, 1.82) is 0 Å². The van der Waals surface area contributed by atoms with Crippen LogP contribution in [0.15, 0.2) is 54.6 Å². The highest BCUT2D eigenvalue weighted by molar-refractivity contribution is 7.19. The van der Waals surface area contributed by atoms with Crippen LogP contribution in [0.2, 0.25) is 0 Å². The number of nitrogens with zero attached hydrogens (tertiary/aromatic N) is 4. The number of rotatable bonds is 5. The van der Waals surface area contributed by atoms with Crippen molar-refractivity contribution in [3.8, 4) is 0 Å². The van der Waals surface area contributed by atoms with E-state index >= 15 is 0 Å². The number of aryl methyl sites for hydroxylation is 3. The van der Waals surface area contributed by atoms with E-state index < -0.39 is 17.8 Å². The lowest BCUT2D eigenvalue weighted by Crippen LogP contribution is -2.50. The number of alkyl halides is 3. The molecule has 6 rings (SSSR count). The van der Waals surface area contributed by atoms with Crippen molar-refractivity contribution in [3.05, 3.63) is 82.0 Å². The highest BCUT2D eigenvalue weighted by atomic mass is 32.1. The number of hydrogen-bond donors (Lipinski definition) is 1. The molecular formula is C31H32F3N5OS. The lowest BCUT2D eigenvalue weighted by atomic mass is 9.89. The molecule has 2 aromatic carbocycles. The highest BCUT2D eigenvalue weighted by Gasteiger charge is 2.34. The Kier molecular flexibility index (Phi) is 7.59. The summed E-state index contributed by atoms with van der Waals surface area (Å²) in [5.41, 5.74) is 1.52. The van der Waals surface area contributed by atoms with Crippen LogP contribution in [0.25, 0.3) is 10.2 Å². The van der Waals surface area contributed by atoms with Crippen molar-refractivity contribution >= 4 is 39.1 Å². The van der Waals surface area contributed by atoms with E-state index in [0.29, 0.717) is 32.1 Å². The SMILES string of the molecule is CC1CCc2c(sc3nc(CCc4ccccc4)nc(N4CCN(C(=O)Nc5ccccc5C(F)(F)F)CC4)c23)C1. The number of para-hydroxylation sites is 1. The Bertz CT molecular complexity index is 1550. The topological polar surface area (TPSA) is 61.4 Å². The molecule has 0 spiro atoms. The van der Waals surface area contributed by atoms with Gasteiger partial charge in [0.05, 0.1) is 16.6 Å². The maximum absolute atomic E-state index is 13.4. The molecule has 2 aromatic heterocycles. The van der Waals surface area contributed by atoms with Gasteiger partial charge in [-0.2, -0.15) is 13.2 Å². The van der Waals surface area contributed by atoms with Gasteiger partial charge in [-0.3, -0.25) is 0 Å². The van der Waals surface area contributed by atoms with E-state index in [2.05, 4.69) is 29.3 Å². The summed E-state index contributed by atoms with van der Waals surface area (Å²) in [6.45, 7) is 4.14. The van der Waals surface area contributed by atoms with E-state index in [-0.39, 0.29) is 5.69 Å². The smallest absolute Gasteiger partial charge is 0.352 e. The van der Waals surface area contributed by atoms with Crippen molar-refractivity contribution in [1.82, 2.24) is 14.9 Å². The number of amides is 2. The molecular weight excluding hydrogens is 547 g/mol. The molecule has 1 N–H and O–H groups in total. The monoisotopic (exact) mass is 579 g/mol. The second-order valence-electron chi connectivity index (χ2n) is 10.9. The van der Waals surface area contributed by atoms with Crippen LogP contribution in [0.5, 0.6) is 0 Å². The summed E-state index contributed by atoms with van der Waals surface area (Å²) < 4.78 is 40.3. The first-order valence-corrected chi connectivity index (χ1v) is 14.9. The highest BCUT2D eigenvalue weighted by Crippen LogP contribution is 2.41. The fourth-order valence-electron chi connectivity index (χ4n) is 5.76. The number of carbonyl (C=O) groups is 1. The number of carbonyl (C=O) groups excluding carboxylic acids is 1. The first-order chi connectivity index (χ1) is 19.8. The maximum atomic E-state index is 13.4. The van der Waals surface area contributed by atoms with E-state index in [1.807, 2.05) is 18.2 Å². The molecule has 3 heterocycles. The zero-order valence-electron chi connectivity index (χ0n) is 22.9. The van der Waals surface area contributed by atoms with Crippen molar-refractivity contribution in [2.24, 2.45) is 5.92 Å². The first kappa shape index (κ1) is 27.5. The van der Waals surface area contributed by atoms with E-state index in [4.69, 9.17) is 9.97 Å². The minimum Gasteiger partial charge on any atom is -0.352 e. The second-order valence-corrected chi connectivity index (χ2v) is 12.0. The number of nitrogens with one attached hydrogen (secondary N) is 1. The maximum Gasteiger partial charge on any atom is 0.418 e. The summed E-state index contributed by atoms with van der Waals surface area (Å²) >= 11 is 1.78. The molecule has 1 aliphatic carbocycles. The van der Waals surface area contributed by atoms with Crippen LogP contribution in [0.1, 0.15) is 40.7 Å². The predicted molar refractivity (Wildman–Crippen MR) is 157 cm³/mol. The zero-order valence-corrected chi connectivity index (χ0v) is 23.7. The lowest BCUT2D eigenvalue weighted by Gasteiger charge is -2.36. The number of anilines is 2. The molecule has 0 radical (unpaired) electrons. The van der Waals surface area contributed by atoms with Gasteiger partial charge in [-0.25, -0.2) is 14.8 Å². The van der Waals surface area contributed by atoms with E-state index in [0.717, 1.165) is 60.0 Å². The van der Waals surface area contributed by atoms with Gasteiger partial charge in [0.1, 0.15) is 16.5 Å². The Morgan fingerprint density at radius 3 is 2.49 bits per heavy atom. The quantitative estimate of drug-likeness (QED) is 0.277. The van der Waals surface area contributed by atoms with Gasteiger partial charge in [-0.15, -0.1) is 11.3 Å². The Labute approximate surface area is 241 Å². The fourth-order valence-corrected chi connectivity index (χ4v) is 7.16. The summed E-state index contributed by atoms with van der Waals surface area (Å²) in [7, 11) is 0. The van der Waals surface area contributed by atoms with Crippen LogP contribution < -0.4 is 10.2 Å². The van der Waals surface area contributed by atoms with Gasteiger partial charge >= 0.3 is 12.2 Å². The summed E-state index contributed by atoms with van der Waals surface area (Å²) in [5.74, 6) is 2.38. The largest absolute Gasteiger partial charge is 0.418 e. The number of halogens is 3. The zero-order chi connectivity index (χ0) is 28.6. The summed E-state index contributed by atoms with van der Waals surface area (Å²) in [6, 6.07) is 14.9. The van der Waals surface area contributed by atoms with Gasteiger partial charge in [0.2, 0.25) is 0 Å². The van der Waals surface area contributed by atoms with Gasteiger partial charge in [0.25, 0.3) is 0 Å². The van der Waals surface area contributed by atoms with E-state index in [1.54, 1.807) is 16.2 Å². The molecule has 214 valence electrons. The van der Waals surface area contributed by atoms with Crippen LogP contribution in [-0.2, 0) is 31.9 Å². The molecule has 0 saturated carbocycles. The third-order valence-corrected chi connectivity index (χ3v) is 9.15. The molecule has 1 fully saturated rings. The third kappa shape index (κ3) is 5.88. The molecule has 2 aliphatic rings. The molecule has 41 heavy (non-hydrogen) atoms. The van der Waals surface area contributed by atoms with Crippen LogP contribution >= 0.6 is 11.3 Å². The number of piperazine rings is 1. The molecule has 1 aliphatic heterocycles. The molecule has 2 amide bonds. The normalized spacial score (nSPS) is 17.5. The third-order valence-electron chi connectivity index (χ3n) is 8.00. The molecule has 0 bridgehead atoms.